The van der Waals surface area contributed by atoms with Crippen LogP contribution in [0.25, 0.3) is 0 Å². The van der Waals surface area contributed by atoms with E-state index in [2.05, 4.69) is 15.5 Å². The van der Waals surface area contributed by atoms with Crippen molar-refractivity contribution in [1.29, 1.82) is 0 Å². The molecule has 22 heavy (non-hydrogen) atoms. The SMILES string of the molecule is CCOc1ccccc1NC(=O)CN1CCC2NCCC2C1. The monoisotopic (exact) mass is 303 g/mol. The van der Waals surface area contributed by atoms with Gasteiger partial charge in [-0.25, -0.2) is 0 Å². The van der Waals surface area contributed by atoms with Gasteiger partial charge in [0.1, 0.15) is 5.75 Å². The van der Waals surface area contributed by atoms with Crippen LogP contribution >= 0.6 is 0 Å². The molecule has 0 aliphatic carbocycles. The third-order valence-electron chi connectivity index (χ3n) is 4.57. The fraction of sp³-hybridized carbons (Fsp3) is 0.588. The lowest BCUT2D eigenvalue weighted by molar-refractivity contribution is -0.117. The molecule has 1 amide bonds. The number of anilines is 1. The zero-order valence-electron chi connectivity index (χ0n) is 13.2. The molecule has 1 aromatic rings. The number of hydrogen-bond acceptors (Lipinski definition) is 4. The zero-order chi connectivity index (χ0) is 15.4. The lowest BCUT2D eigenvalue weighted by Crippen LogP contribution is -2.46. The Hall–Kier alpha value is -1.59. The number of carbonyl (C=O) groups is 1. The molecule has 2 aliphatic rings. The summed E-state index contributed by atoms with van der Waals surface area (Å²) in [4.78, 5) is 14.6. The Kier molecular flexibility index (Phi) is 4.95. The Morgan fingerprint density at radius 1 is 1.41 bits per heavy atom. The molecule has 2 atom stereocenters. The third-order valence-corrected chi connectivity index (χ3v) is 4.57. The van der Waals surface area contributed by atoms with E-state index in [1.807, 2.05) is 31.2 Å². The van der Waals surface area contributed by atoms with Gasteiger partial charge in [-0.05, 0) is 44.4 Å². The molecule has 5 nitrogen and oxygen atoms in total. The lowest BCUT2D eigenvalue weighted by atomic mass is 9.93. The minimum absolute atomic E-state index is 0.0385. The fourth-order valence-corrected chi connectivity index (χ4v) is 3.51. The molecular weight excluding hydrogens is 278 g/mol. The van der Waals surface area contributed by atoms with E-state index in [1.165, 1.54) is 6.42 Å². The molecule has 1 aromatic carbocycles. The molecule has 120 valence electrons. The van der Waals surface area contributed by atoms with Gasteiger partial charge in [0.2, 0.25) is 5.91 Å². The van der Waals surface area contributed by atoms with Crippen LogP contribution in [0.3, 0.4) is 0 Å². The van der Waals surface area contributed by atoms with Crippen LogP contribution in [-0.2, 0) is 4.79 Å². The number of likely N-dealkylation sites (tertiary alicyclic amines) is 1. The normalized spacial score (nSPS) is 24.8. The van der Waals surface area contributed by atoms with E-state index < -0.39 is 0 Å². The molecule has 2 N–H and O–H groups in total. The Morgan fingerprint density at radius 2 is 2.27 bits per heavy atom. The molecule has 2 saturated heterocycles. The number of ether oxygens (including phenoxy) is 1. The number of rotatable bonds is 5. The Bertz CT molecular complexity index is 520. The number of hydrogen-bond donors (Lipinski definition) is 2. The topological polar surface area (TPSA) is 53.6 Å². The van der Waals surface area contributed by atoms with Crippen molar-refractivity contribution in [3.8, 4) is 5.75 Å². The van der Waals surface area contributed by atoms with Crippen molar-refractivity contribution in [2.75, 3.05) is 38.1 Å². The van der Waals surface area contributed by atoms with Crippen LogP contribution in [0, 0.1) is 5.92 Å². The molecule has 2 fully saturated rings. The first-order valence-corrected chi connectivity index (χ1v) is 8.23. The number of nitrogens with one attached hydrogen (secondary N) is 2. The van der Waals surface area contributed by atoms with Gasteiger partial charge in [0.25, 0.3) is 0 Å². The quantitative estimate of drug-likeness (QED) is 0.869. The molecule has 0 radical (unpaired) electrons. The van der Waals surface area contributed by atoms with E-state index >= 15 is 0 Å². The van der Waals surface area contributed by atoms with Crippen molar-refractivity contribution >= 4 is 11.6 Å². The molecule has 0 aromatic heterocycles. The van der Waals surface area contributed by atoms with E-state index in [0.717, 1.165) is 37.5 Å². The molecule has 2 unspecified atom stereocenters. The first-order valence-electron chi connectivity index (χ1n) is 8.23. The number of piperidine rings is 1. The fourth-order valence-electron chi connectivity index (χ4n) is 3.51. The maximum atomic E-state index is 12.3. The van der Waals surface area contributed by atoms with Crippen LogP contribution in [0.1, 0.15) is 19.8 Å². The van der Waals surface area contributed by atoms with E-state index in [1.54, 1.807) is 0 Å². The molecule has 3 rings (SSSR count). The van der Waals surface area contributed by atoms with Gasteiger partial charge in [-0.2, -0.15) is 0 Å². The van der Waals surface area contributed by atoms with Crippen LogP contribution in [0.5, 0.6) is 5.75 Å². The standard InChI is InChI=1S/C17H25N3O2/c1-2-22-16-6-4-3-5-15(16)19-17(21)12-20-10-8-14-13(11-20)7-9-18-14/h3-6,13-14,18H,2,7-12H2,1H3,(H,19,21). The molecule has 0 bridgehead atoms. The van der Waals surface area contributed by atoms with Crippen molar-refractivity contribution in [3.63, 3.8) is 0 Å². The second-order valence-electron chi connectivity index (χ2n) is 6.11. The highest BCUT2D eigenvalue weighted by Gasteiger charge is 2.32. The summed E-state index contributed by atoms with van der Waals surface area (Å²) >= 11 is 0. The first-order chi connectivity index (χ1) is 10.8. The number of amides is 1. The van der Waals surface area contributed by atoms with E-state index in [9.17, 15) is 4.79 Å². The van der Waals surface area contributed by atoms with Crippen LogP contribution in [0.2, 0.25) is 0 Å². The van der Waals surface area contributed by atoms with Crippen molar-refractivity contribution in [2.45, 2.75) is 25.8 Å². The highest BCUT2D eigenvalue weighted by molar-refractivity contribution is 5.93. The van der Waals surface area contributed by atoms with Crippen LogP contribution in [-0.4, -0.2) is 49.6 Å². The Labute approximate surface area is 132 Å². The minimum Gasteiger partial charge on any atom is -0.492 e. The summed E-state index contributed by atoms with van der Waals surface area (Å²) in [6.07, 6.45) is 2.38. The number of nitrogens with zero attached hydrogens (tertiary/aromatic N) is 1. The highest BCUT2D eigenvalue weighted by atomic mass is 16.5. The lowest BCUT2D eigenvalue weighted by Gasteiger charge is -2.34. The molecular formula is C17H25N3O2. The van der Waals surface area contributed by atoms with Crippen molar-refractivity contribution in [3.05, 3.63) is 24.3 Å². The summed E-state index contributed by atoms with van der Waals surface area (Å²) < 4.78 is 5.55. The predicted octanol–water partition coefficient (Wildman–Crippen LogP) is 1.71. The van der Waals surface area contributed by atoms with Crippen molar-refractivity contribution in [1.82, 2.24) is 10.2 Å². The highest BCUT2D eigenvalue weighted by Crippen LogP contribution is 2.25. The maximum Gasteiger partial charge on any atom is 0.238 e. The van der Waals surface area contributed by atoms with Gasteiger partial charge < -0.3 is 15.4 Å². The van der Waals surface area contributed by atoms with E-state index in [4.69, 9.17) is 4.74 Å². The molecule has 2 aliphatic heterocycles. The number of benzene rings is 1. The largest absolute Gasteiger partial charge is 0.492 e. The van der Waals surface area contributed by atoms with Gasteiger partial charge >= 0.3 is 0 Å². The van der Waals surface area contributed by atoms with Crippen LogP contribution in [0.15, 0.2) is 24.3 Å². The van der Waals surface area contributed by atoms with Crippen LogP contribution < -0.4 is 15.4 Å². The minimum atomic E-state index is 0.0385. The first kappa shape index (κ1) is 15.3. The van der Waals surface area contributed by atoms with Gasteiger partial charge in [-0.3, -0.25) is 9.69 Å². The van der Waals surface area contributed by atoms with E-state index in [-0.39, 0.29) is 5.91 Å². The number of para-hydroxylation sites is 2. The number of fused-ring (bicyclic) bond motifs is 1. The summed E-state index contributed by atoms with van der Waals surface area (Å²) in [7, 11) is 0. The van der Waals surface area contributed by atoms with E-state index in [0.29, 0.717) is 25.1 Å². The van der Waals surface area contributed by atoms with Crippen LogP contribution in [0.4, 0.5) is 5.69 Å². The second kappa shape index (κ2) is 7.11. The smallest absolute Gasteiger partial charge is 0.238 e. The summed E-state index contributed by atoms with van der Waals surface area (Å²) in [6, 6.07) is 8.26. The zero-order valence-corrected chi connectivity index (χ0v) is 13.2. The van der Waals surface area contributed by atoms with Gasteiger partial charge in [-0.1, -0.05) is 12.1 Å². The van der Waals surface area contributed by atoms with Gasteiger partial charge in [-0.15, -0.1) is 0 Å². The summed E-state index contributed by atoms with van der Waals surface area (Å²) in [5.41, 5.74) is 0.756. The molecule has 0 spiro atoms. The summed E-state index contributed by atoms with van der Waals surface area (Å²) in [5.74, 6) is 1.48. The third kappa shape index (κ3) is 3.59. The molecule has 5 heteroatoms. The van der Waals surface area contributed by atoms with Gasteiger partial charge in [0.05, 0.1) is 18.8 Å². The molecule has 2 heterocycles. The van der Waals surface area contributed by atoms with Gasteiger partial charge in [0, 0.05) is 19.1 Å². The summed E-state index contributed by atoms with van der Waals surface area (Å²) in [5, 5.41) is 6.53. The summed E-state index contributed by atoms with van der Waals surface area (Å²) in [6.45, 7) is 6.14. The Morgan fingerprint density at radius 3 is 3.14 bits per heavy atom. The van der Waals surface area contributed by atoms with Gasteiger partial charge in [0.15, 0.2) is 0 Å². The molecule has 0 saturated carbocycles. The van der Waals surface area contributed by atoms with Crippen molar-refractivity contribution < 1.29 is 9.53 Å². The average molecular weight is 303 g/mol. The Balaban J connectivity index is 1.54. The number of carbonyl (C=O) groups excluding carboxylic acids is 1. The van der Waals surface area contributed by atoms with Crippen molar-refractivity contribution in [2.24, 2.45) is 5.92 Å². The predicted molar refractivity (Wildman–Crippen MR) is 87.2 cm³/mol. The maximum absolute atomic E-state index is 12.3. The second-order valence-corrected chi connectivity index (χ2v) is 6.11. The average Bonchev–Trinajstić information content (AvgIpc) is 2.97.